The van der Waals surface area contributed by atoms with Crippen LogP contribution >= 0.6 is 0 Å². The Labute approximate surface area is 112 Å². The van der Waals surface area contributed by atoms with Gasteiger partial charge in [-0.3, -0.25) is 0 Å². The molecule has 100 valence electrons. The highest BCUT2D eigenvalue weighted by atomic mass is 19.1. The van der Waals surface area contributed by atoms with Gasteiger partial charge in [0.05, 0.1) is 0 Å². The Morgan fingerprint density at radius 1 is 1.05 bits per heavy atom. The summed E-state index contributed by atoms with van der Waals surface area (Å²) in [5, 5.41) is 3.28. The van der Waals surface area contributed by atoms with Crippen LogP contribution < -0.4 is 5.32 Å². The van der Waals surface area contributed by atoms with Crippen LogP contribution in [0, 0.1) is 18.6 Å². The fourth-order valence-corrected chi connectivity index (χ4v) is 2.05. The highest BCUT2D eigenvalue weighted by molar-refractivity contribution is 5.51. The van der Waals surface area contributed by atoms with Gasteiger partial charge in [0.1, 0.15) is 11.6 Å². The Balaban J connectivity index is 2.03. The van der Waals surface area contributed by atoms with E-state index in [0.717, 1.165) is 17.7 Å². The van der Waals surface area contributed by atoms with Crippen LogP contribution in [0.25, 0.3) is 0 Å². The lowest BCUT2D eigenvalue weighted by molar-refractivity contribution is 0.618. The van der Waals surface area contributed by atoms with Gasteiger partial charge in [-0.05, 0) is 50.1 Å². The van der Waals surface area contributed by atoms with Gasteiger partial charge in [0.2, 0.25) is 0 Å². The predicted molar refractivity (Wildman–Crippen MR) is 74.3 cm³/mol. The first-order valence-electron chi connectivity index (χ1n) is 6.32. The zero-order valence-corrected chi connectivity index (χ0v) is 11.1. The van der Waals surface area contributed by atoms with Gasteiger partial charge in [0, 0.05) is 17.3 Å². The first kappa shape index (κ1) is 13.5. The number of rotatable bonds is 4. The van der Waals surface area contributed by atoms with Crippen LogP contribution in [0.1, 0.15) is 18.1 Å². The molecule has 0 amide bonds. The quantitative estimate of drug-likeness (QED) is 0.864. The second-order valence-corrected chi connectivity index (χ2v) is 4.79. The lowest BCUT2D eigenvalue weighted by atomic mass is 10.1. The number of hydrogen-bond donors (Lipinski definition) is 1. The molecule has 1 unspecified atom stereocenters. The minimum Gasteiger partial charge on any atom is -0.382 e. The minimum atomic E-state index is -0.231. The number of nitrogens with one attached hydrogen (secondary N) is 1. The lowest BCUT2D eigenvalue weighted by Crippen LogP contribution is -2.18. The smallest absolute Gasteiger partial charge is 0.128 e. The molecule has 0 saturated carbocycles. The second-order valence-electron chi connectivity index (χ2n) is 4.79. The fraction of sp³-hybridized carbons (Fsp3) is 0.250. The third-order valence-corrected chi connectivity index (χ3v) is 3.12. The van der Waals surface area contributed by atoms with Crippen molar-refractivity contribution in [3.05, 3.63) is 65.2 Å². The zero-order chi connectivity index (χ0) is 13.8. The van der Waals surface area contributed by atoms with Crippen molar-refractivity contribution in [2.45, 2.75) is 26.3 Å². The van der Waals surface area contributed by atoms with Crippen LogP contribution in [0.2, 0.25) is 0 Å². The molecule has 1 atom stereocenters. The van der Waals surface area contributed by atoms with E-state index in [-0.39, 0.29) is 17.7 Å². The summed E-state index contributed by atoms with van der Waals surface area (Å²) in [7, 11) is 0. The molecular formula is C16H17F2N. The van der Waals surface area contributed by atoms with Crippen molar-refractivity contribution in [2.24, 2.45) is 0 Å². The summed E-state index contributed by atoms with van der Waals surface area (Å²) < 4.78 is 26.2. The first-order valence-corrected chi connectivity index (χ1v) is 6.32. The number of halogens is 2. The lowest BCUT2D eigenvalue weighted by Gasteiger charge is -2.17. The van der Waals surface area contributed by atoms with Crippen molar-refractivity contribution in [2.75, 3.05) is 5.32 Å². The van der Waals surface area contributed by atoms with Crippen molar-refractivity contribution >= 4 is 5.69 Å². The minimum absolute atomic E-state index is 0.144. The molecule has 2 rings (SSSR count). The van der Waals surface area contributed by atoms with E-state index in [4.69, 9.17) is 0 Å². The summed E-state index contributed by atoms with van der Waals surface area (Å²) in [5.41, 5.74) is 2.47. The van der Waals surface area contributed by atoms with Crippen molar-refractivity contribution < 1.29 is 8.78 Å². The molecule has 0 aromatic heterocycles. The highest BCUT2D eigenvalue weighted by Gasteiger charge is 2.07. The van der Waals surface area contributed by atoms with E-state index in [1.165, 1.54) is 18.2 Å². The standard InChI is InChI=1S/C16H17F2N/c1-11(10-13-6-8-14(17)9-7-13)19-16-5-3-4-15(18)12(16)2/h3-9,11,19H,10H2,1-2H3. The maximum Gasteiger partial charge on any atom is 0.128 e. The third kappa shape index (κ3) is 3.53. The van der Waals surface area contributed by atoms with Crippen LogP contribution in [0.5, 0.6) is 0 Å². The normalized spacial score (nSPS) is 12.2. The molecule has 3 heteroatoms. The Kier molecular flexibility index (Phi) is 4.15. The highest BCUT2D eigenvalue weighted by Crippen LogP contribution is 2.19. The van der Waals surface area contributed by atoms with Crippen LogP contribution in [0.15, 0.2) is 42.5 Å². The monoisotopic (exact) mass is 261 g/mol. The van der Waals surface area contributed by atoms with Gasteiger partial charge < -0.3 is 5.32 Å². The van der Waals surface area contributed by atoms with E-state index in [0.29, 0.717) is 5.56 Å². The average Bonchev–Trinajstić information content (AvgIpc) is 2.38. The Morgan fingerprint density at radius 3 is 2.42 bits per heavy atom. The predicted octanol–water partition coefficient (Wildman–Crippen LogP) is 4.32. The van der Waals surface area contributed by atoms with Crippen molar-refractivity contribution in [1.82, 2.24) is 0 Å². The Bertz CT molecular complexity index is 549. The molecule has 1 nitrogen and oxygen atoms in total. The van der Waals surface area contributed by atoms with Crippen LogP contribution in [-0.2, 0) is 6.42 Å². The van der Waals surface area contributed by atoms with Gasteiger partial charge >= 0.3 is 0 Å². The molecule has 19 heavy (non-hydrogen) atoms. The molecule has 2 aromatic rings. The van der Waals surface area contributed by atoms with Gasteiger partial charge in [-0.2, -0.15) is 0 Å². The molecule has 1 N–H and O–H groups in total. The largest absolute Gasteiger partial charge is 0.382 e. The molecule has 0 fully saturated rings. The third-order valence-electron chi connectivity index (χ3n) is 3.12. The Hall–Kier alpha value is -1.90. The average molecular weight is 261 g/mol. The van der Waals surface area contributed by atoms with E-state index in [1.54, 1.807) is 25.1 Å². The van der Waals surface area contributed by atoms with Crippen LogP contribution in [0.4, 0.5) is 14.5 Å². The number of anilines is 1. The summed E-state index contributed by atoms with van der Waals surface area (Å²) >= 11 is 0. The van der Waals surface area contributed by atoms with Crippen molar-refractivity contribution in [3.8, 4) is 0 Å². The topological polar surface area (TPSA) is 12.0 Å². The van der Waals surface area contributed by atoms with E-state index in [2.05, 4.69) is 5.32 Å². The van der Waals surface area contributed by atoms with E-state index >= 15 is 0 Å². The summed E-state index contributed by atoms with van der Waals surface area (Å²) in [6, 6.07) is 11.6. The molecule has 0 aliphatic rings. The van der Waals surface area contributed by atoms with Gasteiger partial charge in [-0.15, -0.1) is 0 Å². The maximum absolute atomic E-state index is 13.4. The van der Waals surface area contributed by atoms with Crippen LogP contribution in [-0.4, -0.2) is 6.04 Å². The van der Waals surface area contributed by atoms with Crippen molar-refractivity contribution in [1.29, 1.82) is 0 Å². The molecule has 0 bridgehead atoms. The molecule has 0 saturated heterocycles. The second kappa shape index (κ2) is 5.83. The molecular weight excluding hydrogens is 244 g/mol. The fourth-order valence-electron chi connectivity index (χ4n) is 2.05. The number of benzene rings is 2. The summed E-state index contributed by atoms with van der Waals surface area (Å²) in [6.07, 6.45) is 0.760. The van der Waals surface area contributed by atoms with Gasteiger partial charge in [0.25, 0.3) is 0 Å². The SMILES string of the molecule is Cc1c(F)cccc1NC(C)Cc1ccc(F)cc1. The Morgan fingerprint density at radius 2 is 1.74 bits per heavy atom. The van der Waals surface area contributed by atoms with Crippen LogP contribution in [0.3, 0.4) is 0 Å². The first-order chi connectivity index (χ1) is 9.06. The van der Waals surface area contributed by atoms with Gasteiger partial charge in [0.15, 0.2) is 0 Å². The summed E-state index contributed by atoms with van der Waals surface area (Å²) in [4.78, 5) is 0. The molecule has 2 aromatic carbocycles. The summed E-state index contributed by atoms with van der Waals surface area (Å²) in [6.45, 7) is 3.77. The van der Waals surface area contributed by atoms with E-state index in [9.17, 15) is 8.78 Å². The van der Waals surface area contributed by atoms with E-state index < -0.39 is 0 Å². The molecule has 0 aliphatic heterocycles. The number of hydrogen-bond acceptors (Lipinski definition) is 1. The molecule has 0 spiro atoms. The molecule has 0 radical (unpaired) electrons. The van der Waals surface area contributed by atoms with E-state index in [1.807, 2.05) is 13.0 Å². The molecule has 0 aliphatic carbocycles. The maximum atomic E-state index is 13.4. The zero-order valence-electron chi connectivity index (χ0n) is 11.1. The van der Waals surface area contributed by atoms with Crippen molar-refractivity contribution in [3.63, 3.8) is 0 Å². The summed E-state index contributed by atoms with van der Waals surface area (Å²) in [5.74, 6) is -0.440. The molecule has 0 heterocycles. The van der Waals surface area contributed by atoms with Gasteiger partial charge in [-0.25, -0.2) is 8.78 Å². The van der Waals surface area contributed by atoms with Gasteiger partial charge in [-0.1, -0.05) is 18.2 Å².